The number of rotatable bonds is 2. The van der Waals surface area contributed by atoms with Crippen LogP contribution in [0, 0.1) is 0 Å². The van der Waals surface area contributed by atoms with Gasteiger partial charge in [-0.25, -0.2) is 0 Å². The van der Waals surface area contributed by atoms with E-state index in [0.717, 1.165) is 28.3 Å². The molecule has 4 heteroatoms. The van der Waals surface area contributed by atoms with Gasteiger partial charge in [-0.05, 0) is 17.7 Å². The first kappa shape index (κ1) is 9.84. The number of benzene rings is 1. The second-order valence-electron chi connectivity index (χ2n) is 4.01. The molecule has 4 nitrogen and oxygen atoms in total. The summed E-state index contributed by atoms with van der Waals surface area (Å²) in [5.74, 6) is 0. The van der Waals surface area contributed by atoms with Crippen molar-refractivity contribution in [3.63, 3.8) is 0 Å². The minimum Gasteiger partial charge on any atom is -0.341 e. The molecule has 0 amide bonds. The summed E-state index contributed by atoms with van der Waals surface area (Å²) in [6.07, 6.45) is 4.51. The number of hydrogen-bond donors (Lipinski definition) is 1. The average molecular weight is 225 g/mol. The van der Waals surface area contributed by atoms with Crippen molar-refractivity contribution in [2.75, 3.05) is 0 Å². The Labute approximate surface area is 97.9 Å². The molecule has 0 radical (unpaired) electrons. The largest absolute Gasteiger partial charge is 0.341 e. The molecule has 0 aliphatic heterocycles. The van der Waals surface area contributed by atoms with Crippen LogP contribution in [0.15, 0.2) is 36.7 Å². The SMILES string of the molecule is Cn1c(C=O)cc2ccc(-c3cn[nH]c3)cc21. The van der Waals surface area contributed by atoms with Gasteiger partial charge in [0.2, 0.25) is 0 Å². The lowest BCUT2D eigenvalue weighted by atomic mass is 10.1. The summed E-state index contributed by atoms with van der Waals surface area (Å²) in [6.45, 7) is 0. The van der Waals surface area contributed by atoms with E-state index < -0.39 is 0 Å². The summed E-state index contributed by atoms with van der Waals surface area (Å²) < 4.78 is 1.89. The van der Waals surface area contributed by atoms with Crippen LogP contribution in [0.2, 0.25) is 0 Å². The number of hydrogen-bond acceptors (Lipinski definition) is 2. The fraction of sp³-hybridized carbons (Fsp3) is 0.0769. The Balaban J connectivity index is 2.25. The van der Waals surface area contributed by atoms with Gasteiger partial charge in [0.1, 0.15) is 0 Å². The highest BCUT2D eigenvalue weighted by atomic mass is 16.1. The molecule has 2 heterocycles. The van der Waals surface area contributed by atoms with Gasteiger partial charge in [0, 0.05) is 29.7 Å². The smallest absolute Gasteiger partial charge is 0.166 e. The fourth-order valence-electron chi connectivity index (χ4n) is 2.05. The zero-order valence-corrected chi connectivity index (χ0v) is 9.34. The summed E-state index contributed by atoms with van der Waals surface area (Å²) in [5.41, 5.74) is 3.86. The molecule has 0 atom stereocenters. The van der Waals surface area contributed by atoms with Crippen molar-refractivity contribution in [2.24, 2.45) is 7.05 Å². The third-order valence-electron chi connectivity index (χ3n) is 3.03. The number of H-pyrrole nitrogens is 1. The second kappa shape index (κ2) is 3.59. The van der Waals surface area contributed by atoms with Crippen LogP contribution in [0.3, 0.4) is 0 Å². The standard InChI is InChI=1S/C13H11N3O/c1-16-12(8-17)4-10-3-2-9(5-13(10)16)11-6-14-15-7-11/h2-8H,1H3,(H,14,15). The van der Waals surface area contributed by atoms with Crippen LogP contribution >= 0.6 is 0 Å². The van der Waals surface area contributed by atoms with E-state index in [2.05, 4.69) is 16.3 Å². The number of aromatic amines is 1. The third kappa shape index (κ3) is 1.45. The van der Waals surface area contributed by atoms with E-state index in [4.69, 9.17) is 0 Å². The molecule has 0 fully saturated rings. The predicted octanol–water partition coefficient (Wildman–Crippen LogP) is 2.38. The maximum absolute atomic E-state index is 10.9. The van der Waals surface area contributed by atoms with Gasteiger partial charge in [-0.2, -0.15) is 5.10 Å². The van der Waals surface area contributed by atoms with Gasteiger partial charge in [-0.3, -0.25) is 9.89 Å². The van der Waals surface area contributed by atoms with Gasteiger partial charge in [-0.15, -0.1) is 0 Å². The molecule has 0 saturated heterocycles. The number of nitrogens with zero attached hydrogens (tertiary/aromatic N) is 2. The van der Waals surface area contributed by atoms with Crippen molar-refractivity contribution >= 4 is 17.2 Å². The van der Waals surface area contributed by atoms with Crippen LogP contribution < -0.4 is 0 Å². The van der Waals surface area contributed by atoms with Gasteiger partial charge in [0.15, 0.2) is 6.29 Å². The first-order valence-corrected chi connectivity index (χ1v) is 5.33. The number of aryl methyl sites for hydroxylation is 1. The molecule has 3 aromatic rings. The molecule has 17 heavy (non-hydrogen) atoms. The van der Waals surface area contributed by atoms with E-state index in [1.54, 1.807) is 6.20 Å². The summed E-state index contributed by atoms with van der Waals surface area (Å²) >= 11 is 0. The van der Waals surface area contributed by atoms with Crippen molar-refractivity contribution < 1.29 is 4.79 Å². The predicted molar refractivity (Wildman–Crippen MR) is 65.9 cm³/mol. The molecular formula is C13H11N3O. The van der Waals surface area contributed by atoms with Crippen LogP contribution in [0.4, 0.5) is 0 Å². The number of aromatic nitrogens is 3. The first-order chi connectivity index (χ1) is 8.29. The topological polar surface area (TPSA) is 50.7 Å². The normalized spacial score (nSPS) is 10.9. The molecule has 84 valence electrons. The summed E-state index contributed by atoms with van der Waals surface area (Å²) in [5, 5.41) is 7.80. The summed E-state index contributed by atoms with van der Waals surface area (Å²) in [6, 6.07) is 8.00. The highest BCUT2D eigenvalue weighted by molar-refractivity contribution is 5.91. The minimum absolute atomic E-state index is 0.685. The Morgan fingerprint density at radius 2 is 2.18 bits per heavy atom. The van der Waals surface area contributed by atoms with E-state index in [1.807, 2.05) is 36.0 Å². The molecule has 0 aliphatic carbocycles. The van der Waals surface area contributed by atoms with Gasteiger partial charge in [0.25, 0.3) is 0 Å². The molecular weight excluding hydrogens is 214 g/mol. The quantitative estimate of drug-likeness (QED) is 0.681. The lowest BCUT2D eigenvalue weighted by Crippen LogP contribution is -1.93. The number of nitrogens with one attached hydrogen (secondary N) is 1. The number of aldehydes is 1. The Hall–Kier alpha value is -2.36. The van der Waals surface area contributed by atoms with Crippen LogP contribution in [-0.4, -0.2) is 21.1 Å². The van der Waals surface area contributed by atoms with Crippen molar-refractivity contribution in [1.29, 1.82) is 0 Å². The van der Waals surface area contributed by atoms with Crippen molar-refractivity contribution in [3.05, 3.63) is 42.4 Å². The Bertz CT molecular complexity index is 680. The molecule has 1 aromatic carbocycles. The minimum atomic E-state index is 0.685. The van der Waals surface area contributed by atoms with Crippen molar-refractivity contribution in [3.8, 4) is 11.1 Å². The summed E-state index contributed by atoms with van der Waals surface area (Å²) in [7, 11) is 1.89. The molecule has 1 N–H and O–H groups in total. The van der Waals surface area contributed by atoms with Crippen LogP contribution in [0.25, 0.3) is 22.0 Å². The number of carbonyl (C=O) groups excluding carboxylic acids is 1. The maximum atomic E-state index is 10.9. The molecule has 0 bridgehead atoms. The molecule has 0 unspecified atom stereocenters. The molecule has 0 saturated carbocycles. The third-order valence-corrected chi connectivity index (χ3v) is 3.03. The first-order valence-electron chi connectivity index (χ1n) is 5.33. The van der Waals surface area contributed by atoms with Gasteiger partial charge < -0.3 is 4.57 Å². The van der Waals surface area contributed by atoms with Gasteiger partial charge in [0.05, 0.1) is 11.9 Å². The molecule has 3 rings (SSSR count). The zero-order chi connectivity index (χ0) is 11.8. The highest BCUT2D eigenvalue weighted by Gasteiger charge is 2.06. The van der Waals surface area contributed by atoms with Gasteiger partial charge in [-0.1, -0.05) is 12.1 Å². The van der Waals surface area contributed by atoms with Crippen LogP contribution in [0.1, 0.15) is 10.5 Å². The van der Waals surface area contributed by atoms with E-state index in [1.165, 1.54) is 0 Å². The average Bonchev–Trinajstić information content (AvgIpc) is 2.97. The Morgan fingerprint density at radius 1 is 1.29 bits per heavy atom. The fourth-order valence-corrected chi connectivity index (χ4v) is 2.05. The summed E-state index contributed by atoms with van der Waals surface area (Å²) in [4.78, 5) is 10.9. The van der Waals surface area contributed by atoms with Crippen molar-refractivity contribution in [2.45, 2.75) is 0 Å². The molecule has 0 spiro atoms. The van der Waals surface area contributed by atoms with Crippen molar-refractivity contribution in [1.82, 2.24) is 14.8 Å². The van der Waals surface area contributed by atoms with E-state index >= 15 is 0 Å². The maximum Gasteiger partial charge on any atom is 0.166 e. The van der Waals surface area contributed by atoms with Crippen LogP contribution in [0.5, 0.6) is 0 Å². The number of fused-ring (bicyclic) bond motifs is 1. The van der Waals surface area contributed by atoms with Crippen LogP contribution in [-0.2, 0) is 7.05 Å². The lowest BCUT2D eigenvalue weighted by Gasteiger charge is -2.01. The monoisotopic (exact) mass is 225 g/mol. The Kier molecular flexibility index (Phi) is 2.08. The van der Waals surface area contributed by atoms with Gasteiger partial charge >= 0.3 is 0 Å². The zero-order valence-electron chi connectivity index (χ0n) is 9.34. The van der Waals surface area contributed by atoms with E-state index in [0.29, 0.717) is 5.69 Å². The second-order valence-corrected chi connectivity index (χ2v) is 4.01. The molecule has 0 aliphatic rings. The number of carbonyl (C=O) groups is 1. The Morgan fingerprint density at radius 3 is 2.88 bits per heavy atom. The van der Waals surface area contributed by atoms with E-state index in [9.17, 15) is 4.79 Å². The van der Waals surface area contributed by atoms with E-state index in [-0.39, 0.29) is 0 Å². The highest BCUT2D eigenvalue weighted by Crippen LogP contribution is 2.25. The molecule has 2 aromatic heterocycles. The lowest BCUT2D eigenvalue weighted by molar-refractivity contribution is 0.111.